The van der Waals surface area contributed by atoms with Crippen LogP contribution in [0.2, 0.25) is 0 Å². The summed E-state index contributed by atoms with van der Waals surface area (Å²) in [6.45, 7) is 7.35. The third-order valence-electron chi connectivity index (χ3n) is 4.38. The number of piperidine rings is 1. The zero-order chi connectivity index (χ0) is 16.2. The number of allylic oxidation sites excluding steroid dienone is 1. The Labute approximate surface area is 136 Å². The molecular formula is C18H24N4O. The largest absolute Gasteiger partial charge is 0.349 e. The molecule has 2 heterocycles. The van der Waals surface area contributed by atoms with Gasteiger partial charge in [0.05, 0.1) is 11.7 Å². The molecule has 1 saturated heterocycles. The summed E-state index contributed by atoms with van der Waals surface area (Å²) in [4.78, 5) is 14.8. The number of carbonyl (C=O) groups is 1. The van der Waals surface area contributed by atoms with Crippen molar-refractivity contribution in [1.29, 1.82) is 0 Å². The Hall–Kier alpha value is -2.14. The summed E-state index contributed by atoms with van der Waals surface area (Å²) in [5, 5.41) is 11.0. The molecule has 5 heteroatoms. The van der Waals surface area contributed by atoms with Gasteiger partial charge in [0.2, 0.25) is 0 Å². The average molecular weight is 312 g/mol. The van der Waals surface area contributed by atoms with Crippen LogP contribution in [0.25, 0.3) is 10.9 Å². The molecule has 1 aliphatic heterocycles. The molecule has 0 unspecified atom stereocenters. The number of rotatable bonds is 4. The number of benzene rings is 1. The zero-order valence-corrected chi connectivity index (χ0v) is 13.8. The number of aromatic amines is 1. The van der Waals surface area contributed by atoms with E-state index in [-0.39, 0.29) is 11.9 Å². The van der Waals surface area contributed by atoms with Crippen LogP contribution in [0.15, 0.2) is 36.0 Å². The number of nitrogens with one attached hydrogen (secondary N) is 2. The van der Waals surface area contributed by atoms with E-state index < -0.39 is 0 Å². The van der Waals surface area contributed by atoms with Crippen LogP contribution in [0, 0.1) is 0 Å². The maximum absolute atomic E-state index is 12.4. The van der Waals surface area contributed by atoms with E-state index >= 15 is 0 Å². The van der Waals surface area contributed by atoms with Gasteiger partial charge in [0.1, 0.15) is 0 Å². The summed E-state index contributed by atoms with van der Waals surface area (Å²) < 4.78 is 0. The number of amides is 1. The molecule has 1 amide bonds. The fourth-order valence-corrected chi connectivity index (χ4v) is 2.92. The second-order valence-corrected chi connectivity index (χ2v) is 6.50. The average Bonchev–Trinajstić information content (AvgIpc) is 3.01. The first kappa shape index (κ1) is 15.7. The van der Waals surface area contributed by atoms with Crippen molar-refractivity contribution in [2.45, 2.75) is 32.7 Å². The van der Waals surface area contributed by atoms with Gasteiger partial charge in [-0.15, -0.1) is 0 Å². The van der Waals surface area contributed by atoms with Crippen molar-refractivity contribution < 1.29 is 4.79 Å². The second kappa shape index (κ2) is 6.96. The topological polar surface area (TPSA) is 61.0 Å². The molecule has 5 nitrogen and oxygen atoms in total. The smallest absolute Gasteiger partial charge is 0.251 e. The highest BCUT2D eigenvalue weighted by atomic mass is 16.1. The molecule has 0 spiro atoms. The minimum atomic E-state index is 0.0100. The lowest BCUT2D eigenvalue weighted by molar-refractivity contribution is 0.0914. The number of nitrogens with zero attached hydrogens (tertiary/aromatic N) is 2. The SMILES string of the molecule is CC(C)=CCN1CCC(NC(=O)c2ccc3[nH]ncc3c2)CC1. The molecule has 1 aromatic carbocycles. The summed E-state index contributed by atoms with van der Waals surface area (Å²) >= 11 is 0. The standard InChI is InChI=1S/C18H24N4O/c1-13(2)5-8-22-9-6-16(7-10-22)20-18(23)14-3-4-17-15(11-14)12-19-21-17/h3-5,11-12,16H,6-10H2,1-2H3,(H,19,21)(H,20,23). The number of carbonyl (C=O) groups excluding carboxylic acids is 1. The Morgan fingerprint density at radius 1 is 1.39 bits per heavy atom. The number of hydrogen-bond donors (Lipinski definition) is 2. The van der Waals surface area contributed by atoms with Crippen LogP contribution in [0.3, 0.4) is 0 Å². The van der Waals surface area contributed by atoms with Crippen LogP contribution in [-0.2, 0) is 0 Å². The van der Waals surface area contributed by atoms with Gasteiger partial charge in [-0.1, -0.05) is 11.6 Å². The molecule has 0 saturated carbocycles. The molecular weight excluding hydrogens is 288 g/mol. The van der Waals surface area contributed by atoms with Crippen LogP contribution in [-0.4, -0.2) is 46.7 Å². The highest BCUT2D eigenvalue weighted by Crippen LogP contribution is 2.15. The van der Waals surface area contributed by atoms with E-state index in [4.69, 9.17) is 0 Å². The van der Waals surface area contributed by atoms with Crippen LogP contribution in [0.4, 0.5) is 0 Å². The Kier molecular flexibility index (Phi) is 4.76. The minimum absolute atomic E-state index is 0.0100. The Morgan fingerprint density at radius 3 is 2.91 bits per heavy atom. The molecule has 0 radical (unpaired) electrons. The van der Waals surface area contributed by atoms with Crippen molar-refractivity contribution in [1.82, 2.24) is 20.4 Å². The number of fused-ring (bicyclic) bond motifs is 1. The normalized spacial score (nSPS) is 16.4. The van der Waals surface area contributed by atoms with Crippen molar-refractivity contribution in [3.63, 3.8) is 0 Å². The first-order valence-electron chi connectivity index (χ1n) is 8.21. The molecule has 0 atom stereocenters. The predicted octanol–water partition coefficient (Wildman–Crippen LogP) is 2.72. The molecule has 3 rings (SSSR count). The Balaban J connectivity index is 1.53. The first-order valence-corrected chi connectivity index (χ1v) is 8.21. The van der Waals surface area contributed by atoms with E-state index in [1.54, 1.807) is 6.20 Å². The van der Waals surface area contributed by atoms with E-state index in [9.17, 15) is 4.79 Å². The molecule has 1 aliphatic rings. The highest BCUT2D eigenvalue weighted by molar-refractivity contribution is 5.98. The van der Waals surface area contributed by atoms with Crippen molar-refractivity contribution in [3.05, 3.63) is 41.6 Å². The maximum atomic E-state index is 12.4. The van der Waals surface area contributed by atoms with Crippen LogP contribution >= 0.6 is 0 Å². The van der Waals surface area contributed by atoms with Crippen LogP contribution in [0.1, 0.15) is 37.0 Å². The van der Waals surface area contributed by atoms with Gasteiger partial charge < -0.3 is 5.32 Å². The van der Waals surface area contributed by atoms with E-state index in [1.807, 2.05) is 18.2 Å². The van der Waals surface area contributed by atoms with E-state index in [1.165, 1.54) is 5.57 Å². The van der Waals surface area contributed by atoms with E-state index in [2.05, 4.69) is 40.3 Å². The lowest BCUT2D eigenvalue weighted by atomic mass is 10.0. The Morgan fingerprint density at radius 2 is 2.17 bits per heavy atom. The van der Waals surface area contributed by atoms with Gasteiger partial charge in [0, 0.05) is 36.6 Å². The van der Waals surface area contributed by atoms with Crippen LogP contribution in [0.5, 0.6) is 0 Å². The molecule has 1 aromatic heterocycles. The predicted molar refractivity (Wildman–Crippen MR) is 92.5 cm³/mol. The van der Waals surface area contributed by atoms with Crippen molar-refractivity contribution >= 4 is 16.8 Å². The van der Waals surface area contributed by atoms with Gasteiger partial charge in [-0.2, -0.15) is 5.10 Å². The monoisotopic (exact) mass is 312 g/mol. The summed E-state index contributed by atoms with van der Waals surface area (Å²) in [6.07, 6.45) is 6.03. The summed E-state index contributed by atoms with van der Waals surface area (Å²) in [7, 11) is 0. The number of H-pyrrole nitrogens is 1. The Bertz CT molecular complexity index is 707. The van der Waals surface area contributed by atoms with E-state index in [0.717, 1.165) is 43.4 Å². The quantitative estimate of drug-likeness (QED) is 0.853. The molecule has 0 bridgehead atoms. The second-order valence-electron chi connectivity index (χ2n) is 6.50. The van der Waals surface area contributed by atoms with Crippen molar-refractivity contribution in [3.8, 4) is 0 Å². The number of aromatic nitrogens is 2. The van der Waals surface area contributed by atoms with Gasteiger partial charge in [-0.3, -0.25) is 14.8 Å². The van der Waals surface area contributed by atoms with Gasteiger partial charge in [-0.25, -0.2) is 0 Å². The first-order chi connectivity index (χ1) is 11.1. The summed E-state index contributed by atoms with van der Waals surface area (Å²) in [6, 6.07) is 5.91. The summed E-state index contributed by atoms with van der Waals surface area (Å²) in [5.41, 5.74) is 3.01. The maximum Gasteiger partial charge on any atom is 0.251 e. The molecule has 1 fully saturated rings. The van der Waals surface area contributed by atoms with Crippen molar-refractivity contribution in [2.75, 3.05) is 19.6 Å². The van der Waals surface area contributed by atoms with Gasteiger partial charge >= 0.3 is 0 Å². The van der Waals surface area contributed by atoms with Gasteiger partial charge in [-0.05, 0) is 44.9 Å². The number of likely N-dealkylation sites (tertiary alicyclic amines) is 1. The molecule has 2 N–H and O–H groups in total. The molecule has 23 heavy (non-hydrogen) atoms. The minimum Gasteiger partial charge on any atom is -0.349 e. The van der Waals surface area contributed by atoms with Gasteiger partial charge in [0.15, 0.2) is 0 Å². The number of hydrogen-bond acceptors (Lipinski definition) is 3. The lowest BCUT2D eigenvalue weighted by Gasteiger charge is -2.31. The molecule has 2 aromatic rings. The van der Waals surface area contributed by atoms with Gasteiger partial charge in [0.25, 0.3) is 5.91 Å². The van der Waals surface area contributed by atoms with E-state index in [0.29, 0.717) is 5.56 Å². The van der Waals surface area contributed by atoms with Crippen LogP contribution < -0.4 is 5.32 Å². The zero-order valence-electron chi connectivity index (χ0n) is 13.8. The fourth-order valence-electron chi connectivity index (χ4n) is 2.92. The third-order valence-corrected chi connectivity index (χ3v) is 4.38. The van der Waals surface area contributed by atoms with Crippen molar-refractivity contribution in [2.24, 2.45) is 0 Å². The third kappa shape index (κ3) is 3.99. The highest BCUT2D eigenvalue weighted by Gasteiger charge is 2.20. The fraction of sp³-hybridized carbons (Fsp3) is 0.444. The molecule has 0 aliphatic carbocycles. The molecule has 122 valence electrons. The summed E-state index contributed by atoms with van der Waals surface area (Å²) in [5.74, 6) is 0.0100. The lowest BCUT2D eigenvalue weighted by Crippen LogP contribution is -2.44.